The molecule has 0 unspecified atom stereocenters. The normalized spacial score (nSPS) is 11.1. The van der Waals surface area contributed by atoms with E-state index in [2.05, 4.69) is 47.2 Å². The van der Waals surface area contributed by atoms with Gasteiger partial charge in [0.05, 0.1) is 0 Å². The van der Waals surface area contributed by atoms with Crippen LogP contribution in [-0.2, 0) is 6.54 Å². The maximum Gasteiger partial charge on any atom is 0.124 e. The molecule has 0 radical (unpaired) electrons. The Morgan fingerprint density at radius 2 is 2.00 bits per heavy atom. The molecule has 0 saturated heterocycles. The quantitative estimate of drug-likeness (QED) is 0.724. The summed E-state index contributed by atoms with van der Waals surface area (Å²) in [5, 5.41) is 3.46. The van der Waals surface area contributed by atoms with E-state index in [1.54, 1.807) is 23.9 Å². The van der Waals surface area contributed by atoms with Crippen LogP contribution in [-0.4, -0.2) is 6.54 Å². The first kappa shape index (κ1) is 16.5. The maximum atomic E-state index is 13.3. The lowest BCUT2D eigenvalue weighted by Crippen LogP contribution is -2.19. The molecule has 1 nitrogen and oxygen atoms in total. The van der Waals surface area contributed by atoms with Gasteiger partial charge < -0.3 is 5.32 Å². The highest BCUT2D eigenvalue weighted by atomic mass is 79.9. The van der Waals surface area contributed by atoms with E-state index in [4.69, 9.17) is 0 Å². The number of benzene rings is 2. The number of halogens is 2. The fourth-order valence-corrected chi connectivity index (χ4v) is 3.32. The van der Waals surface area contributed by atoms with Gasteiger partial charge in [-0.05, 0) is 54.4 Å². The average Bonchev–Trinajstić information content (AvgIpc) is 2.41. The summed E-state index contributed by atoms with van der Waals surface area (Å²) < 4.78 is 14.4. The molecule has 4 heteroatoms. The minimum Gasteiger partial charge on any atom is -0.312 e. The summed E-state index contributed by atoms with van der Waals surface area (Å²) in [6.07, 6.45) is 0. The van der Waals surface area contributed by atoms with Gasteiger partial charge in [-0.2, -0.15) is 0 Å². The minimum atomic E-state index is -0.198. The Bertz CT molecular complexity index is 601. The van der Waals surface area contributed by atoms with E-state index in [1.165, 1.54) is 11.6 Å². The average molecular weight is 368 g/mol. The van der Waals surface area contributed by atoms with Crippen LogP contribution in [0.1, 0.15) is 19.4 Å². The molecular weight excluding hydrogens is 349 g/mol. The van der Waals surface area contributed by atoms with E-state index in [1.807, 2.05) is 12.1 Å². The first-order valence-corrected chi connectivity index (χ1v) is 8.58. The summed E-state index contributed by atoms with van der Waals surface area (Å²) in [7, 11) is 0. The molecule has 0 aliphatic rings. The summed E-state index contributed by atoms with van der Waals surface area (Å²) in [5.41, 5.74) is 1.22. The third kappa shape index (κ3) is 5.46. The second-order valence-corrected chi connectivity index (χ2v) is 7.37. The molecule has 2 aromatic carbocycles. The molecule has 0 saturated carbocycles. The van der Waals surface area contributed by atoms with Gasteiger partial charge in [0.2, 0.25) is 0 Å². The van der Waals surface area contributed by atoms with Gasteiger partial charge in [-0.15, -0.1) is 0 Å². The van der Waals surface area contributed by atoms with Gasteiger partial charge in [0, 0.05) is 20.8 Å². The van der Waals surface area contributed by atoms with Crippen LogP contribution >= 0.6 is 27.7 Å². The topological polar surface area (TPSA) is 12.0 Å². The van der Waals surface area contributed by atoms with Crippen molar-refractivity contribution < 1.29 is 4.39 Å². The lowest BCUT2D eigenvalue weighted by molar-refractivity contribution is 0.550. The molecule has 2 rings (SSSR count). The van der Waals surface area contributed by atoms with Crippen molar-refractivity contribution in [1.82, 2.24) is 5.32 Å². The van der Waals surface area contributed by atoms with E-state index in [0.29, 0.717) is 5.92 Å². The van der Waals surface area contributed by atoms with Gasteiger partial charge in [-0.25, -0.2) is 4.39 Å². The molecule has 0 fully saturated rings. The van der Waals surface area contributed by atoms with Gasteiger partial charge >= 0.3 is 0 Å². The van der Waals surface area contributed by atoms with Crippen molar-refractivity contribution >= 4 is 27.7 Å². The monoisotopic (exact) mass is 367 g/mol. The highest BCUT2D eigenvalue weighted by Gasteiger charge is 2.06. The van der Waals surface area contributed by atoms with Crippen molar-refractivity contribution in [3.8, 4) is 0 Å². The zero-order valence-electron chi connectivity index (χ0n) is 12.2. The predicted molar refractivity (Wildman–Crippen MR) is 91.2 cm³/mol. The molecule has 0 aromatic heterocycles. The van der Waals surface area contributed by atoms with Crippen molar-refractivity contribution in [3.05, 3.63) is 58.3 Å². The highest BCUT2D eigenvalue weighted by Crippen LogP contribution is 2.32. The highest BCUT2D eigenvalue weighted by molar-refractivity contribution is 9.10. The summed E-state index contributed by atoms with van der Waals surface area (Å²) in [6, 6.07) is 12.9. The fraction of sp³-hybridized carbons (Fsp3) is 0.294. The Kier molecular flexibility index (Phi) is 6.27. The number of nitrogens with one attached hydrogen (secondary N) is 1. The van der Waals surface area contributed by atoms with E-state index in [9.17, 15) is 4.39 Å². The standard InChI is InChI=1S/C17H19BrFNS/c1-12(2)10-20-11-13-8-14(18)6-7-17(13)21-16-5-3-4-15(19)9-16/h3-9,12,20H,10-11H2,1-2H3. The van der Waals surface area contributed by atoms with Crippen LogP contribution in [0.15, 0.2) is 56.7 Å². The van der Waals surface area contributed by atoms with Crippen molar-refractivity contribution in [3.63, 3.8) is 0 Å². The van der Waals surface area contributed by atoms with E-state index in [0.717, 1.165) is 27.4 Å². The van der Waals surface area contributed by atoms with Gasteiger partial charge in [0.15, 0.2) is 0 Å². The SMILES string of the molecule is CC(C)CNCc1cc(Br)ccc1Sc1cccc(F)c1. The largest absolute Gasteiger partial charge is 0.312 e. The predicted octanol–water partition coefficient (Wildman–Crippen LogP) is 5.49. The Morgan fingerprint density at radius 3 is 2.71 bits per heavy atom. The molecular formula is C17H19BrFNS. The van der Waals surface area contributed by atoms with Gasteiger partial charge in [0.1, 0.15) is 5.82 Å². The number of hydrogen-bond donors (Lipinski definition) is 1. The third-order valence-corrected chi connectivity index (χ3v) is 4.52. The van der Waals surface area contributed by atoms with Crippen LogP contribution in [0.4, 0.5) is 4.39 Å². The maximum absolute atomic E-state index is 13.3. The first-order valence-electron chi connectivity index (χ1n) is 6.97. The Morgan fingerprint density at radius 1 is 1.19 bits per heavy atom. The Hall–Kier alpha value is -0.840. The summed E-state index contributed by atoms with van der Waals surface area (Å²) in [6.45, 7) is 6.18. The number of hydrogen-bond acceptors (Lipinski definition) is 2. The molecule has 0 spiro atoms. The third-order valence-electron chi connectivity index (χ3n) is 2.91. The summed E-state index contributed by atoms with van der Waals surface area (Å²) in [5.74, 6) is 0.424. The number of rotatable bonds is 6. The molecule has 21 heavy (non-hydrogen) atoms. The van der Waals surface area contributed by atoms with Crippen molar-refractivity contribution in [2.75, 3.05) is 6.54 Å². The lowest BCUT2D eigenvalue weighted by atomic mass is 10.2. The molecule has 0 bridgehead atoms. The van der Waals surface area contributed by atoms with Crippen LogP contribution in [0.2, 0.25) is 0 Å². The van der Waals surface area contributed by atoms with Crippen molar-refractivity contribution in [2.45, 2.75) is 30.2 Å². The van der Waals surface area contributed by atoms with Crippen LogP contribution < -0.4 is 5.32 Å². The molecule has 0 aliphatic heterocycles. The molecule has 0 heterocycles. The second-order valence-electron chi connectivity index (χ2n) is 5.34. The van der Waals surface area contributed by atoms with E-state index in [-0.39, 0.29) is 5.82 Å². The molecule has 0 aliphatic carbocycles. The smallest absolute Gasteiger partial charge is 0.124 e. The van der Waals surface area contributed by atoms with E-state index < -0.39 is 0 Å². The zero-order chi connectivity index (χ0) is 15.2. The molecule has 0 atom stereocenters. The van der Waals surface area contributed by atoms with Crippen molar-refractivity contribution in [2.24, 2.45) is 5.92 Å². The molecule has 2 aromatic rings. The van der Waals surface area contributed by atoms with Gasteiger partial charge in [-0.3, -0.25) is 0 Å². The van der Waals surface area contributed by atoms with Crippen LogP contribution in [0.25, 0.3) is 0 Å². The van der Waals surface area contributed by atoms with Gasteiger partial charge in [0.25, 0.3) is 0 Å². The summed E-state index contributed by atoms with van der Waals surface area (Å²) >= 11 is 5.11. The van der Waals surface area contributed by atoms with Crippen LogP contribution in [0, 0.1) is 11.7 Å². The molecule has 0 amide bonds. The Labute approximate surface area is 138 Å². The molecule has 1 N–H and O–H groups in total. The molecule has 112 valence electrons. The van der Waals surface area contributed by atoms with Crippen molar-refractivity contribution in [1.29, 1.82) is 0 Å². The minimum absolute atomic E-state index is 0.198. The lowest BCUT2D eigenvalue weighted by Gasteiger charge is -2.12. The Balaban J connectivity index is 2.14. The summed E-state index contributed by atoms with van der Waals surface area (Å²) in [4.78, 5) is 2.07. The van der Waals surface area contributed by atoms with E-state index >= 15 is 0 Å². The second kappa shape index (κ2) is 7.97. The van der Waals surface area contributed by atoms with Crippen LogP contribution in [0.3, 0.4) is 0 Å². The van der Waals surface area contributed by atoms with Crippen LogP contribution in [0.5, 0.6) is 0 Å². The first-order chi connectivity index (χ1) is 10.0. The van der Waals surface area contributed by atoms with Gasteiger partial charge in [-0.1, -0.05) is 47.6 Å². The fourth-order valence-electron chi connectivity index (χ4n) is 1.94. The zero-order valence-corrected chi connectivity index (χ0v) is 14.6.